The molecule has 0 saturated heterocycles. The van der Waals surface area contributed by atoms with Crippen molar-refractivity contribution in [1.82, 2.24) is 10.3 Å². The molecule has 0 fully saturated rings. The van der Waals surface area contributed by atoms with Crippen LogP contribution in [0.5, 0.6) is 11.5 Å². The number of ketones is 1. The second-order valence-corrected chi connectivity index (χ2v) is 8.02. The molecule has 2 aromatic rings. The van der Waals surface area contributed by atoms with Crippen molar-refractivity contribution in [2.45, 2.75) is 45.4 Å². The first-order chi connectivity index (χ1) is 13.6. The molecule has 1 aromatic carbocycles. The van der Waals surface area contributed by atoms with Gasteiger partial charge in [0.25, 0.3) is 5.91 Å². The Balaban J connectivity index is 1.40. The van der Waals surface area contributed by atoms with Gasteiger partial charge in [0.15, 0.2) is 23.9 Å². The van der Waals surface area contributed by atoms with E-state index >= 15 is 0 Å². The number of hydrogen-bond donors (Lipinski definition) is 1. The van der Waals surface area contributed by atoms with Gasteiger partial charge >= 0.3 is 0 Å². The van der Waals surface area contributed by atoms with E-state index in [1.165, 1.54) is 42.5 Å². The Morgan fingerprint density at radius 3 is 2.79 bits per heavy atom. The van der Waals surface area contributed by atoms with Crippen LogP contribution in [0.25, 0.3) is 0 Å². The minimum Gasteiger partial charge on any atom is -0.493 e. The standard InChI is InChI=1S/C21H26N2O4S/c1-14(24)15-9-10-17(18(12-15)26-2)27-13-20(25)22-11-5-8-21-23-16-6-3-4-7-19(16)28-21/h9-10,12H,3-8,11,13H2,1-2H3,(H,22,25). The minimum absolute atomic E-state index is 0.0522. The predicted octanol–water partition coefficient (Wildman–Crippen LogP) is 3.36. The van der Waals surface area contributed by atoms with E-state index in [1.54, 1.807) is 18.2 Å². The highest BCUT2D eigenvalue weighted by Gasteiger charge is 2.15. The van der Waals surface area contributed by atoms with Gasteiger partial charge in [-0.3, -0.25) is 9.59 Å². The lowest BCUT2D eigenvalue weighted by atomic mass is 10.0. The monoisotopic (exact) mass is 402 g/mol. The molecule has 7 heteroatoms. The van der Waals surface area contributed by atoms with Gasteiger partial charge < -0.3 is 14.8 Å². The first kappa shape index (κ1) is 20.3. The molecule has 1 heterocycles. The molecule has 1 aliphatic rings. The number of aromatic nitrogens is 1. The largest absolute Gasteiger partial charge is 0.493 e. The number of carbonyl (C=O) groups is 2. The molecule has 28 heavy (non-hydrogen) atoms. The van der Waals surface area contributed by atoms with Crippen molar-refractivity contribution >= 4 is 23.0 Å². The Bertz CT molecular complexity index is 823. The summed E-state index contributed by atoms with van der Waals surface area (Å²) in [6, 6.07) is 4.92. The number of carbonyl (C=O) groups excluding carboxylic acids is 2. The van der Waals surface area contributed by atoms with E-state index in [4.69, 9.17) is 14.5 Å². The number of aryl methyl sites for hydroxylation is 3. The van der Waals surface area contributed by atoms with Crippen LogP contribution in [0.15, 0.2) is 18.2 Å². The van der Waals surface area contributed by atoms with E-state index in [1.807, 2.05) is 11.3 Å². The van der Waals surface area contributed by atoms with Crippen molar-refractivity contribution in [1.29, 1.82) is 0 Å². The number of rotatable bonds is 9. The van der Waals surface area contributed by atoms with Gasteiger partial charge in [0.2, 0.25) is 0 Å². The summed E-state index contributed by atoms with van der Waals surface area (Å²) in [6.45, 7) is 1.98. The average molecular weight is 403 g/mol. The van der Waals surface area contributed by atoms with Crippen molar-refractivity contribution in [3.63, 3.8) is 0 Å². The molecule has 3 rings (SSSR count). The van der Waals surface area contributed by atoms with E-state index < -0.39 is 0 Å². The molecule has 1 N–H and O–H groups in total. The van der Waals surface area contributed by atoms with Gasteiger partial charge in [-0.2, -0.15) is 0 Å². The molecule has 0 unspecified atom stereocenters. The summed E-state index contributed by atoms with van der Waals surface area (Å²) in [5.74, 6) is 0.643. The van der Waals surface area contributed by atoms with Crippen molar-refractivity contribution in [3.8, 4) is 11.5 Å². The van der Waals surface area contributed by atoms with Crippen molar-refractivity contribution in [2.24, 2.45) is 0 Å². The Morgan fingerprint density at radius 1 is 1.21 bits per heavy atom. The normalized spacial score (nSPS) is 12.9. The van der Waals surface area contributed by atoms with Crippen LogP contribution in [-0.4, -0.2) is 36.9 Å². The summed E-state index contributed by atoms with van der Waals surface area (Å²) in [5, 5.41) is 4.04. The third-order valence-electron chi connectivity index (χ3n) is 4.71. The summed E-state index contributed by atoms with van der Waals surface area (Å²) < 4.78 is 10.8. The molecule has 0 saturated carbocycles. The first-order valence-corrected chi connectivity index (χ1v) is 10.4. The number of amides is 1. The number of methoxy groups -OCH3 is 1. The highest BCUT2D eigenvalue weighted by Crippen LogP contribution is 2.28. The zero-order valence-electron chi connectivity index (χ0n) is 16.4. The fourth-order valence-electron chi connectivity index (χ4n) is 3.18. The number of nitrogens with one attached hydrogen (secondary N) is 1. The van der Waals surface area contributed by atoms with E-state index in [0.29, 0.717) is 23.6 Å². The molecule has 0 aliphatic heterocycles. The summed E-state index contributed by atoms with van der Waals surface area (Å²) in [7, 11) is 1.50. The number of benzene rings is 1. The Hall–Kier alpha value is -2.41. The molecule has 150 valence electrons. The molecular formula is C21H26N2O4S. The zero-order chi connectivity index (χ0) is 19.9. The number of Topliss-reactive ketones (excluding diaryl/α,β-unsaturated/α-hetero) is 1. The minimum atomic E-state index is -0.184. The van der Waals surface area contributed by atoms with E-state index in [2.05, 4.69) is 5.32 Å². The van der Waals surface area contributed by atoms with E-state index in [-0.39, 0.29) is 18.3 Å². The van der Waals surface area contributed by atoms with Gasteiger partial charge in [0, 0.05) is 23.4 Å². The first-order valence-electron chi connectivity index (χ1n) is 9.62. The van der Waals surface area contributed by atoms with Crippen LogP contribution in [-0.2, 0) is 24.1 Å². The molecule has 1 aromatic heterocycles. The molecule has 0 atom stereocenters. The molecule has 1 aliphatic carbocycles. The second-order valence-electron chi connectivity index (χ2n) is 6.85. The summed E-state index contributed by atoms with van der Waals surface area (Å²) >= 11 is 1.82. The summed E-state index contributed by atoms with van der Waals surface area (Å²) in [6.07, 6.45) is 6.53. The Morgan fingerprint density at radius 2 is 2.04 bits per heavy atom. The van der Waals surface area contributed by atoms with Crippen LogP contribution in [0.1, 0.15) is 52.1 Å². The van der Waals surface area contributed by atoms with Gasteiger partial charge in [0.05, 0.1) is 17.8 Å². The average Bonchev–Trinajstić information content (AvgIpc) is 3.12. The predicted molar refractivity (Wildman–Crippen MR) is 109 cm³/mol. The van der Waals surface area contributed by atoms with Crippen molar-refractivity contribution in [2.75, 3.05) is 20.3 Å². The van der Waals surface area contributed by atoms with Gasteiger partial charge in [-0.15, -0.1) is 11.3 Å². The Labute approximate surface area is 169 Å². The highest BCUT2D eigenvalue weighted by molar-refractivity contribution is 7.11. The summed E-state index contributed by atoms with van der Waals surface area (Å²) in [4.78, 5) is 29.6. The molecule has 6 nitrogen and oxygen atoms in total. The van der Waals surface area contributed by atoms with Crippen molar-refractivity contribution in [3.05, 3.63) is 39.3 Å². The van der Waals surface area contributed by atoms with Crippen LogP contribution in [0.2, 0.25) is 0 Å². The van der Waals surface area contributed by atoms with Crippen LogP contribution in [0.3, 0.4) is 0 Å². The lowest BCUT2D eigenvalue weighted by Gasteiger charge is -2.11. The lowest BCUT2D eigenvalue weighted by Crippen LogP contribution is -2.30. The molecule has 1 amide bonds. The third-order valence-corrected chi connectivity index (χ3v) is 5.93. The highest BCUT2D eigenvalue weighted by atomic mass is 32.1. The van der Waals surface area contributed by atoms with E-state index in [0.717, 1.165) is 25.7 Å². The number of thiazole rings is 1. The number of fused-ring (bicyclic) bond motifs is 1. The van der Waals surface area contributed by atoms with Crippen LogP contribution in [0.4, 0.5) is 0 Å². The van der Waals surface area contributed by atoms with Crippen molar-refractivity contribution < 1.29 is 19.1 Å². The maximum Gasteiger partial charge on any atom is 0.257 e. The van der Waals surface area contributed by atoms with Gasteiger partial charge in [-0.25, -0.2) is 4.98 Å². The molecule has 0 bridgehead atoms. The van der Waals surface area contributed by atoms with Gasteiger partial charge in [-0.1, -0.05) is 0 Å². The maximum atomic E-state index is 12.0. The fourth-order valence-corrected chi connectivity index (χ4v) is 4.38. The second kappa shape index (κ2) is 9.68. The molecule has 0 radical (unpaired) electrons. The third kappa shape index (κ3) is 5.32. The van der Waals surface area contributed by atoms with Gasteiger partial charge in [-0.05, 0) is 57.2 Å². The zero-order valence-corrected chi connectivity index (χ0v) is 17.2. The van der Waals surface area contributed by atoms with E-state index in [9.17, 15) is 9.59 Å². The fraction of sp³-hybridized carbons (Fsp3) is 0.476. The maximum absolute atomic E-state index is 12.0. The molecule has 0 spiro atoms. The summed E-state index contributed by atoms with van der Waals surface area (Å²) in [5.41, 5.74) is 1.82. The number of hydrogen-bond acceptors (Lipinski definition) is 6. The van der Waals surface area contributed by atoms with Crippen LogP contribution in [0, 0.1) is 0 Å². The van der Waals surface area contributed by atoms with Crippen LogP contribution < -0.4 is 14.8 Å². The lowest BCUT2D eigenvalue weighted by molar-refractivity contribution is -0.123. The molecular weight excluding hydrogens is 376 g/mol. The number of ether oxygens (including phenoxy) is 2. The smallest absolute Gasteiger partial charge is 0.257 e. The quantitative estimate of drug-likeness (QED) is 0.514. The topological polar surface area (TPSA) is 77.5 Å². The van der Waals surface area contributed by atoms with Crippen LogP contribution >= 0.6 is 11.3 Å². The SMILES string of the molecule is COc1cc(C(C)=O)ccc1OCC(=O)NCCCc1nc2c(s1)CCCC2. The van der Waals surface area contributed by atoms with Gasteiger partial charge in [0.1, 0.15) is 0 Å². The number of nitrogens with zero attached hydrogens (tertiary/aromatic N) is 1. The Kier molecular flexibility index (Phi) is 7.03.